The molecule has 0 fully saturated rings. The third-order valence-electron chi connectivity index (χ3n) is 3.15. The van der Waals surface area contributed by atoms with E-state index in [9.17, 15) is 14.4 Å². The van der Waals surface area contributed by atoms with Gasteiger partial charge in [-0.1, -0.05) is 36.9 Å². The van der Waals surface area contributed by atoms with Crippen LogP contribution in [0.15, 0.2) is 48.7 Å². The van der Waals surface area contributed by atoms with Crippen molar-refractivity contribution in [2.45, 2.75) is 33.4 Å². The zero-order chi connectivity index (χ0) is 18.8. The molecule has 1 aromatic rings. The molecule has 1 amide bonds. The van der Waals surface area contributed by atoms with Gasteiger partial charge in [0.1, 0.15) is 0 Å². The first-order valence-electron chi connectivity index (χ1n) is 7.98. The molecular weight excluding hydrogens is 320 g/mol. The number of carbonyl (C=O) groups is 3. The average molecular weight is 344 g/mol. The van der Waals surface area contributed by atoms with Crippen LogP contribution in [0.4, 0.5) is 0 Å². The number of benzene rings is 1. The normalized spacial score (nSPS) is 10.6. The minimum absolute atomic E-state index is 0.0554. The van der Waals surface area contributed by atoms with Crippen molar-refractivity contribution in [3.8, 4) is 0 Å². The Kier molecular flexibility index (Phi) is 8.12. The monoisotopic (exact) mass is 344 g/mol. The lowest BCUT2D eigenvalue weighted by Gasteiger charge is -2.11. The van der Waals surface area contributed by atoms with E-state index >= 15 is 0 Å². The minimum Gasteiger partial charge on any atom is -0.460 e. The SMILES string of the molecule is C=C(NC/C=C/C(=O)OC(C)C)C(=O)NCc1ccccc1C(C)=O. The molecule has 0 aliphatic rings. The lowest BCUT2D eigenvalue weighted by atomic mass is 10.0. The fraction of sp³-hybridized carbons (Fsp3) is 0.316. The molecule has 0 atom stereocenters. The first-order chi connectivity index (χ1) is 11.8. The van der Waals surface area contributed by atoms with Gasteiger partial charge < -0.3 is 15.4 Å². The first kappa shape index (κ1) is 20.2. The largest absolute Gasteiger partial charge is 0.460 e. The van der Waals surface area contributed by atoms with E-state index in [0.717, 1.165) is 5.56 Å². The summed E-state index contributed by atoms with van der Waals surface area (Å²) in [6.07, 6.45) is 2.67. The Labute approximate surface area is 147 Å². The van der Waals surface area contributed by atoms with Crippen LogP contribution in [-0.2, 0) is 20.9 Å². The average Bonchev–Trinajstić information content (AvgIpc) is 2.55. The van der Waals surface area contributed by atoms with Crippen molar-refractivity contribution in [3.05, 3.63) is 59.8 Å². The summed E-state index contributed by atoms with van der Waals surface area (Å²) in [4.78, 5) is 34.9. The molecule has 0 radical (unpaired) electrons. The topological polar surface area (TPSA) is 84.5 Å². The Hall–Kier alpha value is -2.89. The van der Waals surface area contributed by atoms with E-state index in [0.29, 0.717) is 5.56 Å². The third-order valence-corrected chi connectivity index (χ3v) is 3.15. The van der Waals surface area contributed by atoms with Crippen molar-refractivity contribution in [1.29, 1.82) is 0 Å². The molecule has 0 unspecified atom stereocenters. The van der Waals surface area contributed by atoms with E-state index < -0.39 is 5.97 Å². The molecule has 0 bridgehead atoms. The number of rotatable bonds is 9. The maximum atomic E-state index is 12.0. The van der Waals surface area contributed by atoms with Crippen LogP contribution in [-0.4, -0.2) is 30.3 Å². The van der Waals surface area contributed by atoms with Gasteiger partial charge in [-0.2, -0.15) is 0 Å². The molecule has 25 heavy (non-hydrogen) atoms. The fourth-order valence-electron chi connectivity index (χ4n) is 1.99. The molecule has 0 saturated heterocycles. The van der Waals surface area contributed by atoms with Gasteiger partial charge in [-0.05, 0) is 26.3 Å². The van der Waals surface area contributed by atoms with Crippen LogP contribution >= 0.6 is 0 Å². The first-order valence-corrected chi connectivity index (χ1v) is 7.98. The van der Waals surface area contributed by atoms with E-state index in [4.69, 9.17) is 4.74 Å². The van der Waals surface area contributed by atoms with Gasteiger partial charge in [-0.25, -0.2) is 4.79 Å². The number of nitrogens with one attached hydrogen (secondary N) is 2. The maximum absolute atomic E-state index is 12.0. The molecule has 1 aromatic carbocycles. The summed E-state index contributed by atoms with van der Waals surface area (Å²) in [6.45, 7) is 9.16. The van der Waals surface area contributed by atoms with Crippen LogP contribution in [0.25, 0.3) is 0 Å². The van der Waals surface area contributed by atoms with Crippen molar-refractivity contribution in [2.24, 2.45) is 0 Å². The molecule has 0 heterocycles. The predicted molar refractivity (Wildman–Crippen MR) is 95.8 cm³/mol. The number of amides is 1. The van der Waals surface area contributed by atoms with Gasteiger partial charge in [-0.3, -0.25) is 9.59 Å². The van der Waals surface area contributed by atoms with Crippen molar-refractivity contribution in [2.75, 3.05) is 6.54 Å². The van der Waals surface area contributed by atoms with Crippen molar-refractivity contribution in [3.63, 3.8) is 0 Å². The van der Waals surface area contributed by atoms with Crippen LogP contribution < -0.4 is 10.6 Å². The van der Waals surface area contributed by atoms with E-state index in [-0.39, 0.29) is 36.6 Å². The van der Waals surface area contributed by atoms with Crippen molar-refractivity contribution in [1.82, 2.24) is 10.6 Å². The summed E-state index contributed by atoms with van der Waals surface area (Å²) in [7, 11) is 0. The highest BCUT2D eigenvalue weighted by Crippen LogP contribution is 2.09. The van der Waals surface area contributed by atoms with E-state index in [2.05, 4.69) is 17.2 Å². The Balaban J connectivity index is 2.43. The summed E-state index contributed by atoms with van der Waals surface area (Å²) in [6, 6.07) is 7.09. The third kappa shape index (κ3) is 7.48. The zero-order valence-electron chi connectivity index (χ0n) is 14.8. The second-order valence-electron chi connectivity index (χ2n) is 5.64. The van der Waals surface area contributed by atoms with Crippen LogP contribution in [0.5, 0.6) is 0 Å². The highest BCUT2D eigenvalue weighted by atomic mass is 16.5. The van der Waals surface area contributed by atoms with E-state index in [1.165, 1.54) is 13.0 Å². The van der Waals surface area contributed by atoms with E-state index in [1.54, 1.807) is 38.1 Å². The van der Waals surface area contributed by atoms with Gasteiger partial charge in [0.15, 0.2) is 5.78 Å². The molecule has 0 aliphatic carbocycles. The lowest BCUT2D eigenvalue weighted by Crippen LogP contribution is -2.31. The van der Waals surface area contributed by atoms with Gasteiger partial charge >= 0.3 is 5.97 Å². The van der Waals surface area contributed by atoms with Crippen molar-refractivity contribution >= 4 is 17.7 Å². The molecule has 0 aromatic heterocycles. The molecule has 0 saturated carbocycles. The zero-order valence-corrected chi connectivity index (χ0v) is 14.8. The highest BCUT2D eigenvalue weighted by molar-refractivity contribution is 5.96. The standard InChI is InChI=1S/C19H24N2O4/c1-13(2)25-18(23)10-7-11-20-14(3)19(24)21-12-16-8-5-6-9-17(16)15(4)22/h5-10,13,20H,3,11-12H2,1-2,4H3,(H,21,24)/b10-7+. The molecule has 0 spiro atoms. The van der Waals surface area contributed by atoms with Gasteiger partial charge in [0.25, 0.3) is 5.91 Å². The highest BCUT2D eigenvalue weighted by Gasteiger charge is 2.09. The van der Waals surface area contributed by atoms with Crippen LogP contribution in [0.3, 0.4) is 0 Å². The van der Waals surface area contributed by atoms with Crippen LogP contribution in [0, 0.1) is 0 Å². The summed E-state index contributed by atoms with van der Waals surface area (Å²) >= 11 is 0. The molecule has 134 valence electrons. The Morgan fingerprint density at radius 2 is 1.88 bits per heavy atom. The number of esters is 1. The predicted octanol–water partition coefficient (Wildman–Crippen LogP) is 2.12. The minimum atomic E-state index is -0.437. The van der Waals surface area contributed by atoms with Gasteiger partial charge in [0.05, 0.1) is 11.8 Å². The number of ether oxygens (including phenoxy) is 1. The summed E-state index contributed by atoms with van der Waals surface area (Å²) in [5.74, 6) is -0.871. The number of hydrogen-bond acceptors (Lipinski definition) is 5. The molecule has 0 aliphatic heterocycles. The second kappa shape index (κ2) is 10.1. The quantitative estimate of drug-likeness (QED) is 0.407. The Bertz CT molecular complexity index is 678. The molecule has 6 heteroatoms. The summed E-state index contributed by atoms with van der Waals surface area (Å²) < 4.78 is 4.94. The summed E-state index contributed by atoms with van der Waals surface area (Å²) in [5, 5.41) is 5.50. The van der Waals surface area contributed by atoms with Crippen LogP contribution in [0.2, 0.25) is 0 Å². The molecule has 1 rings (SSSR count). The molecule has 2 N–H and O–H groups in total. The maximum Gasteiger partial charge on any atom is 0.330 e. The van der Waals surface area contributed by atoms with Gasteiger partial charge in [-0.15, -0.1) is 0 Å². The lowest BCUT2D eigenvalue weighted by molar-refractivity contribution is -0.141. The Morgan fingerprint density at radius 1 is 1.20 bits per heavy atom. The Morgan fingerprint density at radius 3 is 2.52 bits per heavy atom. The van der Waals surface area contributed by atoms with Crippen LogP contribution in [0.1, 0.15) is 36.7 Å². The number of ketones is 1. The number of hydrogen-bond donors (Lipinski definition) is 2. The number of Topliss-reactive ketones (excluding diaryl/α,β-unsaturated/α-hetero) is 1. The smallest absolute Gasteiger partial charge is 0.330 e. The number of carbonyl (C=O) groups excluding carboxylic acids is 3. The molecule has 6 nitrogen and oxygen atoms in total. The van der Waals surface area contributed by atoms with E-state index in [1.807, 2.05) is 6.07 Å². The molecular formula is C19H24N2O4. The van der Waals surface area contributed by atoms with Crippen molar-refractivity contribution < 1.29 is 19.1 Å². The second-order valence-corrected chi connectivity index (χ2v) is 5.64. The van der Waals surface area contributed by atoms with Gasteiger partial charge in [0.2, 0.25) is 0 Å². The summed E-state index contributed by atoms with van der Waals surface area (Å²) in [5.41, 5.74) is 1.49. The fourth-order valence-corrected chi connectivity index (χ4v) is 1.99. The van der Waals surface area contributed by atoms with Gasteiger partial charge in [0, 0.05) is 24.7 Å².